The van der Waals surface area contributed by atoms with E-state index in [1.807, 2.05) is 0 Å². The molecule has 1 aromatic rings. The second-order valence-electron chi connectivity index (χ2n) is 4.15. The summed E-state index contributed by atoms with van der Waals surface area (Å²) in [5.41, 5.74) is 6.74. The van der Waals surface area contributed by atoms with Crippen LogP contribution in [0.1, 0.15) is 10.4 Å². The van der Waals surface area contributed by atoms with E-state index in [2.05, 4.69) is 15.9 Å². The summed E-state index contributed by atoms with van der Waals surface area (Å²) in [6.07, 6.45) is 0. The molecular formula is C12H15BrN2O3. The molecule has 5 nitrogen and oxygen atoms in total. The van der Waals surface area contributed by atoms with Crippen molar-refractivity contribution in [3.8, 4) is 0 Å². The van der Waals surface area contributed by atoms with Crippen molar-refractivity contribution in [2.75, 3.05) is 32.1 Å². The Morgan fingerprint density at radius 2 is 2.39 bits per heavy atom. The Hall–Kier alpha value is -1.11. The minimum absolute atomic E-state index is 0.105. The first kappa shape index (κ1) is 13.3. The van der Waals surface area contributed by atoms with Gasteiger partial charge in [-0.3, -0.25) is 4.79 Å². The van der Waals surface area contributed by atoms with Gasteiger partial charge < -0.3 is 20.5 Å². The zero-order chi connectivity index (χ0) is 13.1. The molecule has 1 heterocycles. The Bertz CT molecular complexity index is 453. The van der Waals surface area contributed by atoms with Gasteiger partial charge in [0.25, 0.3) is 5.91 Å². The van der Waals surface area contributed by atoms with Gasteiger partial charge in [-0.25, -0.2) is 0 Å². The van der Waals surface area contributed by atoms with Crippen LogP contribution in [0.3, 0.4) is 0 Å². The van der Waals surface area contributed by atoms with Gasteiger partial charge in [0.1, 0.15) is 0 Å². The summed E-state index contributed by atoms with van der Waals surface area (Å²) < 4.78 is 5.95. The molecule has 1 aromatic carbocycles. The molecular weight excluding hydrogens is 300 g/mol. The molecule has 0 aromatic heterocycles. The Kier molecular flexibility index (Phi) is 4.21. The van der Waals surface area contributed by atoms with Gasteiger partial charge in [0.05, 0.1) is 31.4 Å². The quantitative estimate of drug-likeness (QED) is 0.794. The Labute approximate surface area is 114 Å². The van der Waals surface area contributed by atoms with Crippen LogP contribution in [-0.2, 0) is 4.74 Å². The second kappa shape index (κ2) is 5.69. The van der Waals surface area contributed by atoms with Gasteiger partial charge >= 0.3 is 0 Å². The number of nitrogens with zero attached hydrogens (tertiary/aromatic N) is 1. The van der Waals surface area contributed by atoms with Gasteiger partial charge in [-0.1, -0.05) is 0 Å². The average Bonchev–Trinajstić information content (AvgIpc) is 2.40. The van der Waals surface area contributed by atoms with Crippen LogP contribution in [0.15, 0.2) is 22.7 Å². The van der Waals surface area contributed by atoms with Crippen molar-refractivity contribution in [1.29, 1.82) is 0 Å². The molecule has 0 bridgehead atoms. The molecule has 0 aliphatic carbocycles. The molecule has 1 saturated heterocycles. The first-order chi connectivity index (χ1) is 8.63. The van der Waals surface area contributed by atoms with Gasteiger partial charge in [0.15, 0.2) is 0 Å². The fourth-order valence-corrected chi connectivity index (χ4v) is 2.35. The summed E-state index contributed by atoms with van der Waals surface area (Å²) in [5, 5.41) is 9.27. The van der Waals surface area contributed by atoms with Crippen molar-refractivity contribution < 1.29 is 14.6 Å². The Balaban J connectivity index is 2.26. The van der Waals surface area contributed by atoms with Crippen LogP contribution in [0.2, 0.25) is 0 Å². The molecule has 18 heavy (non-hydrogen) atoms. The predicted octanol–water partition coefficient (Wildman–Crippen LogP) is 0.865. The van der Waals surface area contributed by atoms with Crippen LogP contribution in [-0.4, -0.2) is 48.3 Å². The lowest BCUT2D eigenvalue weighted by atomic mass is 10.1. The van der Waals surface area contributed by atoms with Crippen LogP contribution in [0, 0.1) is 0 Å². The van der Waals surface area contributed by atoms with Crippen LogP contribution < -0.4 is 5.73 Å². The molecule has 98 valence electrons. The van der Waals surface area contributed by atoms with Crippen molar-refractivity contribution in [2.24, 2.45) is 0 Å². The third-order valence-corrected chi connectivity index (χ3v) is 3.61. The molecule has 0 saturated carbocycles. The number of benzene rings is 1. The Morgan fingerprint density at radius 1 is 1.61 bits per heavy atom. The van der Waals surface area contributed by atoms with E-state index in [-0.39, 0.29) is 18.6 Å². The minimum atomic E-state index is -0.292. The number of halogens is 1. The molecule has 0 spiro atoms. The number of nitrogens with two attached hydrogens (primary N) is 1. The number of aliphatic hydroxyl groups excluding tert-OH is 1. The third kappa shape index (κ3) is 2.66. The molecule has 1 aliphatic rings. The van der Waals surface area contributed by atoms with E-state index in [1.54, 1.807) is 23.1 Å². The van der Waals surface area contributed by atoms with E-state index in [4.69, 9.17) is 10.5 Å². The normalized spacial score (nSPS) is 19.9. The predicted molar refractivity (Wildman–Crippen MR) is 71.3 cm³/mol. The first-order valence-electron chi connectivity index (χ1n) is 5.68. The van der Waals surface area contributed by atoms with E-state index in [0.29, 0.717) is 35.5 Å². The van der Waals surface area contributed by atoms with Crippen molar-refractivity contribution in [2.45, 2.75) is 6.04 Å². The molecule has 1 fully saturated rings. The molecule has 3 N–H and O–H groups in total. The number of hydrogen-bond donors (Lipinski definition) is 2. The number of carbonyl (C=O) groups excluding carboxylic acids is 1. The summed E-state index contributed by atoms with van der Waals surface area (Å²) in [5.74, 6) is -0.142. The fourth-order valence-electron chi connectivity index (χ4n) is 1.93. The van der Waals surface area contributed by atoms with Crippen LogP contribution in [0.5, 0.6) is 0 Å². The standard InChI is InChI=1S/C12H15BrN2O3/c13-11-2-1-8(14)5-10(11)12(17)15-3-4-18-7-9(15)6-16/h1-2,5,9,16H,3-4,6-7,14H2. The fraction of sp³-hybridized carbons (Fsp3) is 0.417. The van der Waals surface area contributed by atoms with E-state index >= 15 is 0 Å². The largest absolute Gasteiger partial charge is 0.399 e. The van der Waals surface area contributed by atoms with Crippen molar-refractivity contribution >= 4 is 27.5 Å². The summed E-state index contributed by atoms with van der Waals surface area (Å²) >= 11 is 3.34. The average molecular weight is 315 g/mol. The van der Waals surface area contributed by atoms with Gasteiger partial charge in [-0.15, -0.1) is 0 Å². The second-order valence-corrected chi connectivity index (χ2v) is 5.00. The smallest absolute Gasteiger partial charge is 0.255 e. The maximum Gasteiger partial charge on any atom is 0.255 e. The van der Waals surface area contributed by atoms with Gasteiger partial charge in [-0.2, -0.15) is 0 Å². The lowest BCUT2D eigenvalue weighted by Crippen LogP contribution is -2.50. The lowest BCUT2D eigenvalue weighted by Gasteiger charge is -2.34. The van der Waals surface area contributed by atoms with Crippen LogP contribution >= 0.6 is 15.9 Å². The zero-order valence-corrected chi connectivity index (χ0v) is 11.4. The molecule has 2 rings (SSSR count). The summed E-state index contributed by atoms with van der Waals surface area (Å²) in [7, 11) is 0. The molecule has 1 atom stereocenters. The molecule has 6 heteroatoms. The number of morpholine rings is 1. The number of carbonyl (C=O) groups is 1. The summed E-state index contributed by atoms with van der Waals surface area (Å²) in [6.45, 7) is 1.22. The highest BCUT2D eigenvalue weighted by Crippen LogP contribution is 2.22. The van der Waals surface area contributed by atoms with Crippen LogP contribution in [0.4, 0.5) is 5.69 Å². The topological polar surface area (TPSA) is 75.8 Å². The number of aliphatic hydroxyl groups is 1. The van der Waals surface area contributed by atoms with Crippen LogP contribution in [0.25, 0.3) is 0 Å². The Morgan fingerprint density at radius 3 is 3.11 bits per heavy atom. The van der Waals surface area contributed by atoms with Gasteiger partial charge in [0, 0.05) is 16.7 Å². The number of amides is 1. The van der Waals surface area contributed by atoms with Gasteiger partial charge in [0.2, 0.25) is 0 Å². The number of anilines is 1. The van der Waals surface area contributed by atoms with E-state index in [9.17, 15) is 9.90 Å². The monoisotopic (exact) mass is 314 g/mol. The minimum Gasteiger partial charge on any atom is -0.399 e. The SMILES string of the molecule is Nc1ccc(Br)c(C(=O)N2CCOCC2CO)c1. The molecule has 1 unspecified atom stereocenters. The maximum atomic E-state index is 12.4. The number of nitrogen functional groups attached to an aromatic ring is 1. The number of hydrogen-bond acceptors (Lipinski definition) is 4. The number of rotatable bonds is 2. The van der Waals surface area contributed by atoms with E-state index < -0.39 is 0 Å². The molecule has 0 radical (unpaired) electrons. The zero-order valence-electron chi connectivity index (χ0n) is 9.80. The molecule has 1 aliphatic heterocycles. The summed E-state index contributed by atoms with van der Waals surface area (Å²) in [6, 6.07) is 4.82. The highest BCUT2D eigenvalue weighted by Gasteiger charge is 2.28. The maximum absolute atomic E-state index is 12.4. The van der Waals surface area contributed by atoms with E-state index in [0.717, 1.165) is 0 Å². The first-order valence-corrected chi connectivity index (χ1v) is 6.47. The third-order valence-electron chi connectivity index (χ3n) is 2.92. The van der Waals surface area contributed by atoms with Crippen molar-refractivity contribution in [3.63, 3.8) is 0 Å². The molecule has 1 amide bonds. The number of ether oxygens (including phenoxy) is 1. The highest BCUT2D eigenvalue weighted by molar-refractivity contribution is 9.10. The van der Waals surface area contributed by atoms with E-state index in [1.165, 1.54) is 0 Å². The lowest BCUT2D eigenvalue weighted by molar-refractivity contribution is -0.0184. The highest BCUT2D eigenvalue weighted by atomic mass is 79.9. The van der Waals surface area contributed by atoms with Gasteiger partial charge in [-0.05, 0) is 34.1 Å². The van der Waals surface area contributed by atoms with Crippen molar-refractivity contribution in [1.82, 2.24) is 4.90 Å². The van der Waals surface area contributed by atoms with Crippen molar-refractivity contribution in [3.05, 3.63) is 28.2 Å². The summed E-state index contributed by atoms with van der Waals surface area (Å²) in [4.78, 5) is 14.0.